The first-order chi connectivity index (χ1) is 12.5. The second kappa shape index (κ2) is 7.78. The van der Waals surface area contributed by atoms with Crippen molar-refractivity contribution >= 4 is 5.91 Å². The summed E-state index contributed by atoms with van der Waals surface area (Å²) in [6.45, 7) is 8.89. The molecule has 0 aliphatic carbocycles. The van der Waals surface area contributed by atoms with Crippen LogP contribution in [-0.2, 0) is 4.79 Å². The summed E-state index contributed by atoms with van der Waals surface area (Å²) in [5.41, 5.74) is 3.07. The molecule has 0 saturated carbocycles. The maximum Gasteiger partial charge on any atom is 0.226 e. The quantitative estimate of drug-likeness (QED) is 0.832. The molecule has 2 heterocycles. The van der Waals surface area contributed by atoms with Gasteiger partial charge in [0.25, 0.3) is 0 Å². The number of hydrogen-bond donors (Lipinski definition) is 1. The smallest absolute Gasteiger partial charge is 0.226 e. The third-order valence-corrected chi connectivity index (χ3v) is 5.30. The van der Waals surface area contributed by atoms with E-state index in [1.165, 1.54) is 0 Å². The molecule has 2 atom stereocenters. The van der Waals surface area contributed by atoms with Crippen LogP contribution in [0.2, 0.25) is 0 Å². The van der Waals surface area contributed by atoms with Crippen molar-refractivity contribution in [3.8, 4) is 23.1 Å². The van der Waals surface area contributed by atoms with Crippen LogP contribution in [0.3, 0.4) is 0 Å². The zero-order chi connectivity index (χ0) is 18.7. The minimum absolute atomic E-state index is 0.0391. The fourth-order valence-corrected chi connectivity index (χ4v) is 3.39. The lowest BCUT2D eigenvalue weighted by atomic mass is 9.96. The first-order valence-electron chi connectivity index (χ1n) is 9.39. The lowest BCUT2D eigenvalue weighted by Crippen LogP contribution is -2.36. The van der Waals surface area contributed by atoms with E-state index in [4.69, 9.17) is 0 Å². The Morgan fingerprint density at radius 2 is 2.00 bits per heavy atom. The molecule has 4 nitrogen and oxygen atoms in total. The molecule has 26 heavy (non-hydrogen) atoms. The molecule has 1 aromatic heterocycles. The third-order valence-electron chi connectivity index (χ3n) is 5.30. The predicted molar refractivity (Wildman–Crippen MR) is 104 cm³/mol. The topological polar surface area (TPSA) is 49.0 Å². The Hall–Kier alpha value is -2.54. The van der Waals surface area contributed by atoms with Crippen molar-refractivity contribution in [1.82, 2.24) is 14.9 Å². The van der Waals surface area contributed by atoms with Gasteiger partial charge in [0.15, 0.2) is 0 Å². The van der Waals surface area contributed by atoms with Crippen molar-refractivity contribution in [2.24, 2.45) is 11.8 Å². The highest BCUT2D eigenvalue weighted by Crippen LogP contribution is 2.33. The lowest BCUT2D eigenvalue weighted by molar-refractivity contribution is -0.137. The SMILES string of the molecule is CC#Cc1ccc(-c2cnc([C@@H]3CCCN3C(=O)[C@@H](C)C(C)C)[nH]2)cc1. The fraction of sp³-hybridized carbons (Fsp3) is 0.455. The zero-order valence-corrected chi connectivity index (χ0v) is 16.0. The Labute approximate surface area is 156 Å². The molecule has 1 aliphatic rings. The summed E-state index contributed by atoms with van der Waals surface area (Å²) < 4.78 is 0. The number of likely N-dealkylation sites (tertiary alicyclic amines) is 1. The number of amides is 1. The Bertz CT molecular complexity index is 823. The molecule has 3 rings (SSSR count). The van der Waals surface area contributed by atoms with Gasteiger partial charge in [-0.05, 0) is 43.4 Å². The molecular weight excluding hydrogens is 322 g/mol. The van der Waals surface area contributed by atoms with Gasteiger partial charge in [0.05, 0.1) is 17.9 Å². The molecule has 1 N–H and O–H groups in total. The average molecular weight is 349 g/mol. The van der Waals surface area contributed by atoms with Crippen molar-refractivity contribution in [1.29, 1.82) is 0 Å². The summed E-state index contributed by atoms with van der Waals surface area (Å²) in [5, 5.41) is 0. The van der Waals surface area contributed by atoms with Crippen molar-refractivity contribution < 1.29 is 4.79 Å². The molecule has 1 amide bonds. The molecule has 1 fully saturated rings. The molecule has 0 radical (unpaired) electrons. The van der Waals surface area contributed by atoms with Crippen LogP contribution in [0.25, 0.3) is 11.3 Å². The van der Waals surface area contributed by atoms with Crippen molar-refractivity contribution in [3.63, 3.8) is 0 Å². The second-order valence-corrected chi connectivity index (χ2v) is 7.36. The van der Waals surface area contributed by atoms with Gasteiger partial charge in [-0.3, -0.25) is 4.79 Å². The highest BCUT2D eigenvalue weighted by Gasteiger charge is 2.34. The predicted octanol–water partition coefficient (Wildman–Crippen LogP) is 4.40. The van der Waals surface area contributed by atoms with Crippen molar-refractivity contribution in [3.05, 3.63) is 41.9 Å². The van der Waals surface area contributed by atoms with Gasteiger partial charge in [-0.2, -0.15) is 0 Å². The van der Waals surface area contributed by atoms with Crippen LogP contribution in [0.5, 0.6) is 0 Å². The number of aromatic amines is 1. The van der Waals surface area contributed by atoms with Gasteiger partial charge in [0.2, 0.25) is 5.91 Å². The monoisotopic (exact) mass is 349 g/mol. The number of carbonyl (C=O) groups is 1. The summed E-state index contributed by atoms with van der Waals surface area (Å²) in [6, 6.07) is 8.19. The normalized spacial score (nSPS) is 17.9. The van der Waals surface area contributed by atoms with Crippen LogP contribution in [0.4, 0.5) is 0 Å². The third kappa shape index (κ3) is 3.67. The average Bonchev–Trinajstić information content (AvgIpc) is 3.30. The summed E-state index contributed by atoms with van der Waals surface area (Å²) in [5.74, 6) is 7.48. The summed E-state index contributed by atoms with van der Waals surface area (Å²) in [4.78, 5) is 22.9. The van der Waals surface area contributed by atoms with E-state index in [2.05, 4.69) is 47.8 Å². The molecule has 2 aromatic rings. The maximum absolute atomic E-state index is 12.8. The van der Waals surface area contributed by atoms with E-state index in [-0.39, 0.29) is 17.9 Å². The molecule has 0 bridgehead atoms. The largest absolute Gasteiger partial charge is 0.340 e. The fourth-order valence-electron chi connectivity index (χ4n) is 3.39. The molecule has 1 saturated heterocycles. The zero-order valence-electron chi connectivity index (χ0n) is 16.0. The molecule has 1 aromatic carbocycles. The van der Waals surface area contributed by atoms with Crippen LogP contribution in [-0.4, -0.2) is 27.3 Å². The second-order valence-electron chi connectivity index (χ2n) is 7.36. The van der Waals surface area contributed by atoms with Gasteiger partial charge >= 0.3 is 0 Å². The molecule has 136 valence electrons. The number of rotatable bonds is 4. The summed E-state index contributed by atoms with van der Waals surface area (Å²) in [7, 11) is 0. The number of carbonyl (C=O) groups excluding carboxylic acids is 1. The van der Waals surface area contributed by atoms with E-state index in [0.717, 1.165) is 42.0 Å². The molecule has 0 spiro atoms. The maximum atomic E-state index is 12.8. The lowest BCUT2D eigenvalue weighted by Gasteiger charge is -2.27. The number of aromatic nitrogens is 2. The van der Waals surface area contributed by atoms with Gasteiger partial charge in [-0.15, -0.1) is 5.92 Å². The Balaban J connectivity index is 1.79. The first kappa shape index (κ1) is 18.3. The van der Waals surface area contributed by atoms with E-state index in [1.807, 2.05) is 37.1 Å². The van der Waals surface area contributed by atoms with Crippen LogP contribution < -0.4 is 0 Å². The minimum Gasteiger partial charge on any atom is -0.340 e. The number of nitrogens with zero attached hydrogens (tertiary/aromatic N) is 2. The van der Waals surface area contributed by atoms with Crippen molar-refractivity contribution in [2.75, 3.05) is 6.54 Å². The minimum atomic E-state index is 0.0391. The van der Waals surface area contributed by atoms with E-state index in [1.54, 1.807) is 0 Å². The highest BCUT2D eigenvalue weighted by molar-refractivity contribution is 5.79. The Morgan fingerprint density at radius 3 is 2.65 bits per heavy atom. The summed E-state index contributed by atoms with van der Waals surface area (Å²) in [6.07, 6.45) is 3.86. The van der Waals surface area contributed by atoms with Gasteiger partial charge in [0.1, 0.15) is 5.82 Å². The van der Waals surface area contributed by atoms with E-state index >= 15 is 0 Å². The van der Waals surface area contributed by atoms with Gasteiger partial charge in [-0.25, -0.2) is 4.98 Å². The molecule has 0 unspecified atom stereocenters. The first-order valence-corrected chi connectivity index (χ1v) is 9.39. The highest BCUT2D eigenvalue weighted by atomic mass is 16.2. The van der Waals surface area contributed by atoms with Gasteiger partial charge < -0.3 is 9.88 Å². The Kier molecular flexibility index (Phi) is 5.46. The van der Waals surface area contributed by atoms with Crippen molar-refractivity contribution in [2.45, 2.75) is 46.6 Å². The summed E-state index contributed by atoms with van der Waals surface area (Å²) >= 11 is 0. The number of H-pyrrole nitrogens is 1. The number of benzene rings is 1. The Morgan fingerprint density at radius 1 is 1.27 bits per heavy atom. The number of hydrogen-bond acceptors (Lipinski definition) is 2. The van der Waals surface area contributed by atoms with Gasteiger partial charge in [-0.1, -0.05) is 38.8 Å². The molecular formula is C22H27N3O. The number of imidazole rings is 1. The van der Waals surface area contributed by atoms with E-state index in [9.17, 15) is 4.79 Å². The van der Waals surface area contributed by atoms with Crippen LogP contribution >= 0.6 is 0 Å². The van der Waals surface area contributed by atoms with E-state index in [0.29, 0.717) is 5.92 Å². The van der Waals surface area contributed by atoms with E-state index < -0.39 is 0 Å². The number of nitrogens with one attached hydrogen (secondary N) is 1. The molecule has 4 heteroatoms. The van der Waals surface area contributed by atoms with Gasteiger partial charge in [0, 0.05) is 18.0 Å². The van der Waals surface area contributed by atoms with Crippen LogP contribution in [0, 0.1) is 23.7 Å². The standard InChI is InChI=1S/C22H27N3O/c1-5-7-17-9-11-18(12-10-17)19-14-23-21(24-19)20-8-6-13-25(20)22(26)16(4)15(2)3/h9-12,14-16,20H,6,8,13H2,1-4H3,(H,23,24)/t16-,20-/m0/s1. The van der Waals surface area contributed by atoms with Crippen LogP contribution in [0.15, 0.2) is 30.5 Å². The molecule has 1 aliphatic heterocycles. The van der Waals surface area contributed by atoms with Crippen LogP contribution in [0.1, 0.15) is 58.0 Å².